The van der Waals surface area contributed by atoms with Crippen LogP contribution in [-0.2, 0) is 19.7 Å². The van der Waals surface area contributed by atoms with Crippen LogP contribution in [0.3, 0.4) is 0 Å². The van der Waals surface area contributed by atoms with Gasteiger partial charge in [-0.3, -0.25) is 4.79 Å². The molecule has 1 saturated carbocycles. The Morgan fingerprint density at radius 1 is 1.08 bits per heavy atom. The number of amides is 1. The minimum Gasteiger partial charge on any atom is -0.475 e. The van der Waals surface area contributed by atoms with Crippen LogP contribution < -0.4 is 9.64 Å². The molecule has 0 saturated heterocycles. The van der Waals surface area contributed by atoms with Crippen molar-refractivity contribution in [2.24, 2.45) is 0 Å². The highest BCUT2D eigenvalue weighted by Crippen LogP contribution is 2.51. The standard InChI is InChI=1S/C20H19NO4/c1-24-18(22)17-13-21(15-9-5-6-10-16(15)25-17)19(23)20(11-12-20)14-7-3-2-4-8-14/h2-10,17H,11-13H2,1H3/t17-/m0/s1. The normalized spacial score (nSPS) is 20.2. The highest BCUT2D eigenvalue weighted by molar-refractivity contribution is 6.05. The second-order valence-corrected chi connectivity index (χ2v) is 6.46. The zero-order valence-corrected chi connectivity index (χ0v) is 14.0. The molecule has 1 heterocycles. The number of rotatable bonds is 3. The van der Waals surface area contributed by atoms with Gasteiger partial charge in [0.25, 0.3) is 0 Å². The third-order valence-corrected chi connectivity index (χ3v) is 4.97. The molecule has 5 heteroatoms. The van der Waals surface area contributed by atoms with Gasteiger partial charge in [0, 0.05) is 0 Å². The summed E-state index contributed by atoms with van der Waals surface area (Å²) in [5, 5.41) is 0. The predicted octanol–water partition coefficient (Wildman–Crippen LogP) is 2.69. The predicted molar refractivity (Wildman–Crippen MR) is 92.6 cm³/mol. The lowest BCUT2D eigenvalue weighted by atomic mass is 9.93. The molecule has 25 heavy (non-hydrogen) atoms. The summed E-state index contributed by atoms with van der Waals surface area (Å²) in [5.74, 6) is 0.0709. The summed E-state index contributed by atoms with van der Waals surface area (Å²) >= 11 is 0. The number of para-hydroxylation sites is 2. The van der Waals surface area contributed by atoms with Crippen molar-refractivity contribution in [3.63, 3.8) is 0 Å². The average Bonchev–Trinajstić information content (AvgIpc) is 3.48. The Morgan fingerprint density at radius 3 is 2.44 bits per heavy atom. The van der Waals surface area contributed by atoms with Gasteiger partial charge in [0.15, 0.2) is 0 Å². The van der Waals surface area contributed by atoms with Crippen LogP contribution in [0.5, 0.6) is 5.75 Å². The van der Waals surface area contributed by atoms with Crippen molar-refractivity contribution in [3.8, 4) is 5.75 Å². The zero-order valence-electron chi connectivity index (χ0n) is 14.0. The van der Waals surface area contributed by atoms with Crippen LogP contribution in [0.1, 0.15) is 18.4 Å². The van der Waals surface area contributed by atoms with Crippen LogP contribution >= 0.6 is 0 Å². The van der Waals surface area contributed by atoms with Gasteiger partial charge in [0.1, 0.15) is 5.75 Å². The van der Waals surface area contributed by atoms with E-state index in [4.69, 9.17) is 9.47 Å². The van der Waals surface area contributed by atoms with E-state index in [1.165, 1.54) is 7.11 Å². The topological polar surface area (TPSA) is 55.8 Å². The zero-order chi connectivity index (χ0) is 17.4. The average molecular weight is 337 g/mol. The fraction of sp³-hybridized carbons (Fsp3) is 0.300. The lowest BCUT2D eigenvalue weighted by Crippen LogP contribution is -2.50. The number of nitrogens with zero attached hydrogens (tertiary/aromatic N) is 1. The summed E-state index contributed by atoms with van der Waals surface area (Å²) in [6.45, 7) is 0.164. The molecule has 0 bridgehead atoms. The van der Waals surface area contributed by atoms with Gasteiger partial charge in [-0.2, -0.15) is 0 Å². The van der Waals surface area contributed by atoms with Gasteiger partial charge in [-0.25, -0.2) is 4.79 Å². The fourth-order valence-corrected chi connectivity index (χ4v) is 3.45. The van der Waals surface area contributed by atoms with Gasteiger partial charge < -0.3 is 14.4 Å². The van der Waals surface area contributed by atoms with Crippen LogP contribution in [0.15, 0.2) is 54.6 Å². The SMILES string of the molecule is COC(=O)[C@@H]1CN(C(=O)C2(c3ccccc3)CC2)c2ccccc2O1. The molecule has 0 N–H and O–H groups in total. The number of esters is 1. The summed E-state index contributed by atoms with van der Waals surface area (Å²) < 4.78 is 10.6. The molecule has 1 aliphatic heterocycles. The lowest BCUT2D eigenvalue weighted by molar-refractivity contribution is -0.148. The smallest absolute Gasteiger partial charge is 0.348 e. The van der Waals surface area contributed by atoms with Crippen molar-refractivity contribution in [2.75, 3.05) is 18.6 Å². The minimum atomic E-state index is -0.810. The Hall–Kier alpha value is -2.82. The first-order chi connectivity index (χ1) is 12.2. The maximum Gasteiger partial charge on any atom is 0.348 e. The molecule has 0 aromatic heterocycles. The van der Waals surface area contributed by atoms with E-state index in [0.29, 0.717) is 11.4 Å². The maximum atomic E-state index is 13.4. The van der Waals surface area contributed by atoms with E-state index in [-0.39, 0.29) is 12.5 Å². The maximum absolute atomic E-state index is 13.4. The summed E-state index contributed by atoms with van der Waals surface area (Å²) in [5.41, 5.74) is 1.24. The lowest BCUT2D eigenvalue weighted by Gasteiger charge is -2.35. The van der Waals surface area contributed by atoms with Crippen molar-refractivity contribution in [3.05, 3.63) is 60.2 Å². The summed E-state index contributed by atoms with van der Waals surface area (Å²) in [4.78, 5) is 27.1. The van der Waals surface area contributed by atoms with E-state index in [1.54, 1.807) is 11.0 Å². The first-order valence-corrected chi connectivity index (χ1v) is 8.37. The molecule has 0 spiro atoms. The van der Waals surface area contributed by atoms with Crippen molar-refractivity contribution in [1.82, 2.24) is 0 Å². The van der Waals surface area contributed by atoms with Gasteiger partial charge in [0.2, 0.25) is 12.0 Å². The largest absolute Gasteiger partial charge is 0.475 e. The van der Waals surface area contributed by atoms with Crippen LogP contribution in [0.2, 0.25) is 0 Å². The molecule has 128 valence electrons. The molecule has 1 fully saturated rings. The van der Waals surface area contributed by atoms with Gasteiger partial charge in [0.05, 0.1) is 24.8 Å². The third kappa shape index (κ3) is 2.56. The Morgan fingerprint density at radius 2 is 1.76 bits per heavy atom. The number of carbonyl (C=O) groups excluding carboxylic acids is 2. The Balaban J connectivity index is 1.71. The quantitative estimate of drug-likeness (QED) is 0.808. The molecule has 0 unspecified atom stereocenters. The first kappa shape index (κ1) is 15.7. The number of carbonyl (C=O) groups is 2. The van der Waals surface area contributed by atoms with E-state index < -0.39 is 17.5 Å². The summed E-state index contributed by atoms with van der Waals surface area (Å²) in [7, 11) is 1.32. The van der Waals surface area contributed by atoms with Crippen LogP contribution in [0.4, 0.5) is 5.69 Å². The second kappa shape index (κ2) is 5.92. The minimum absolute atomic E-state index is 0.0170. The molecule has 2 aromatic rings. The molecule has 4 rings (SSSR count). The van der Waals surface area contributed by atoms with Gasteiger partial charge >= 0.3 is 5.97 Å². The molecule has 2 aromatic carbocycles. The summed E-state index contributed by atoms with van der Waals surface area (Å²) in [6, 6.07) is 17.1. The molecule has 1 aliphatic carbocycles. The monoisotopic (exact) mass is 337 g/mol. The third-order valence-electron chi connectivity index (χ3n) is 4.97. The molecule has 1 amide bonds. The molecule has 0 radical (unpaired) electrons. The Bertz CT molecular complexity index is 813. The Kier molecular flexibility index (Phi) is 3.71. The molecular weight excluding hydrogens is 318 g/mol. The van der Waals surface area contributed by atoms with Gasteiger partial charge in [-0.15, -0.1) is 0 Å². The molecule has 5 nitrogen and oxygen atoms in total. The van der Waals surface area contributed by atoms with E-state index in [0.717, 1.165) is 18.4 Å². The number of hydrogen-bond donors (Lipinski definition) is 0. The van der Waals surface area contributed by atoms with Crippen molar-refractivity contribution >= 4 is 17.6 Å². The van der Waals surface area contributed by atoms with Crippen LogP contribution in [-0.4, -0.2) is 31.6 Å². The molecular formula is C20H19NO4. The van der Waals surface area contributed by atoms with Crippen molar-refractivity contribution in [2.45, 2.75) is 24.4 Å². The number of methoxy groups -OCH3 is 1. The number of hydrogen-bond acceptors (Lipinski definition) is 4. The first-order valence-electron chi connectivity index (χ1n) is 8.37. The van der Waals surface area contributed by atoms with Crippen LogP contribution in [0.25, 0.3) is 0 Å². The molecule has 2 aliphatic rings. The van der Waals surface area contributed by atoms with E-state index in [9.17, 15) is 9.59 Å². The number of benzene rings is 2. The van der Waals surface area contributed by atoms with E-state index >= 15 is 0 Å². The molecule has 1 atom stereocenters. The highest BCUT2D eigenvalue weighted by Gasteiger charge is 2.54. The fourth-order valence-electron chi connectivity index (χ4n) is 3.45. The second-order valence-electron chi connectivity index (χ2n) is 6.46. The Labute approximate surface area is 146 Å². The van der Waals surface area contributed by atoms with Crippen molar-refractivity contribution in [1.29, 1.82) is 0 Å². The number of ether oxygens (including phenoxy) is 2. The number of anilines is 1. The van der Waals surface area contributed by atoms with E-state index in [2.05, 4.69) is 0 Å². The van der Waals surface area contributed by atoms with Crippen LogP contribution in [0, 0.1) is 0 Å². The highest BCUT2D eigenvalue weighted by atomic mass is 16.6. The number of fused-ring (bicyclic) bond motifs is 1. The van der Waals surface area contributed by atoms with Gasteiger partial charge in [-0.1, -0.05) is 42.5 Å². The summed E-state index contributed by atoms with van der Waals surface area (Å²) in [6.07, 6.45) is 0.826. The van der Waals surface area contributed by atoms with Gasteiger partial charge in [-0.05, 0) is 30.5 Å². The van der Waals surface area contributed by atoms with E-state index in [1.807, 2.05) is 48.5 Å². The van der Waals surface area contributed by atoms with Crippen molar-refractivity contribution < 1.29 is 19.1 Å².